The van der Waals surface area contributed by atoms with Crippen molar-refractivity contribution in [3.8, 4) is 0 Å². The van der Waals surface area contributed by atoms with Gasteiger partial charge in [-0.05, 0) is 18.9 Å². The lowest BCUT2D eigenvalue weighted by Crippen LogP contribution is -2.27. The van der Waals surface area contributed by atoms with Gasteiger partial charge in [-0.25, -0.2) is 0 Å². The quantitative estimate of drug-likeness (QED) is 0.764. The van der Waals surface area contributed by atoms with Crippen LogP contribution in [0.4, 0.5) is 0 Å². The van der Waals surface area contributed by atoms with Crippen molar-refractivity contribution >= 4 is 0 Å². The maximum Gasteiger partial charge on any atom is 0.0526 e. The van der Waals surface area contributed by atoms with E-state index < -0.39 is 0 Å². The van der Waals surface area contributed by atoms with Crippen molar-refractivity contribution in [1.82, 2.24) is 0 Å². The van der Waals surface area contributed by atoms with Gasteiger partial charge in [-0.1, -0.05) is 36.8 Å². The van der Waals surface area contributed by atoms with Gasteiger partial charge in [0.1, 0.15) is 0 Å². The molecule has 0 spiro atoms. The van der Waals surface area contributed by atoms with Gasteiger partial charge >= 0.3 is 0 Å². The van der Waals surface area contributed by atoms with E-state index >= 15 is 0 Å². The van der Waals surface area contributed by atoms with Crippen LogP contribution in [0.5, 0.6) is 0 Å². The molecule has 1 rings (SSSR count). The molecular formula is C12H18O2. The molecule has 0 radical (unpaired) electrons. The zero-order valence-electron chi connectivity index (χ0n) is 8.83. The van der Waals surface area contributed by atoms with Gasteiger partial charge in [-0.2, -0.15) is 0 Å². The largest absolute Gasteiger partial charge is 0.396 e. The molecule has 0 aliphatic heterocycles. The van der Waals surface area contributed by atoms with Crippen molar-refractivity contribution in [2.45, 2.75) is 25.7 Å². The first-order chi connectivity index (χ1) is 6.62. The number of hydrogen-bond donors (Lipinski definition) is 2. The molecule has 0 unspecified atom stereocenters. The van der Waals surface area contributed by atoms with Crippen LogP contribution in [0.2, 0.25) is 0 Å². The molecule has 2 heteroatoms. The van der Waals surface area contributed by atoms with Gasteiger partial charge in [-0.15, -0.1) is 0 Å². The molecule has 0 amide bonds. The Morgan fingerprint density at radius 3 is 2.14 bits per heavy atom. The first kappa shape index (κ1) is 11.2. The SMILES string of the molecule is Cc1ccc([C@@](C)(CO)CCO)cc1. The molecule has 78 valence electrons. The van der Waals surface area contributed by atoms with Crippen molar-refractivity contribution in [3.63, 3.8) is 0 Å². The molecule has 1 aromatic rings. The fourth-order valence-electron chi connectivity index (χ4n) is 1.52. The predicted octanol–water partition coefficient (Wildman–Crippen LogP) is 1.63. The molecule has 2 nitrogen and oxygen atoms in total. The Morgan fingerprint density at radius 2 is 1.71 bits per heavy atom. The number of benzene rings is 1. The highest BCUT2D eigenvalue weighted by Crippen LogP contribution is 2.26. The Kier molecular flexibility index (Phi) is 3.67. The van der Waals surface area contributed by atoms with E-state index in [9.17, 15) is 5.11 Å². The van der Waals surface area contributed by atoms with E-state index in [4.69, 9.17) is 5.11 Å². The van der Waals surface area contributed by atoms with Crippen molar-refractivity contribution in [3.05, 3.63) is 35.4 Å². The van der Waals surface area contributed by atoms with E-state index in [0.29, 0.717) is 6.42 Å². The maximum atomic E-state index is 9.33. The summed E-state index contributed by atoms with van der Waals surface area (Å²) in [6.07, 6.45) is 0.590. The summed E-state index contributed by atoms with van der Waals surface area (Å²) in [5.74, 6) is 0. The number of hydrogen-bond acceptors (Lipinski definition) is 2. The number of aryl methyl sites for hydroxylation is 1. The van der Waals surface area contributed by atoms with Crippen LogP contribution >= 0.6 is 0 Å². The average Bonchev–Trinajstić information content (AvgIpc) is 2.19. The van der Waals surface area contributed by atoms with Crippen LogP contribution in [0, 0.1) is 6.92 Å². The average molecular weight is 194 g/mol. The Labute approximate surface area is 85.2 Å². The number of aliphatic hydroxyl groups excluding tert-OH is 2. The summed E-state index contributed by atoms with van der Waals surface area (Å²) in [5, 5.41) is 18.3. The van der Waals surface area contributed by atoms with Crippen LogP contribution < -0.4 is 0 Å². The zero-order chi connectivity index (χ0) is 10.6. The molecule has 1 aromatic carbocycles. The summed E-state index contributed by atoms with van der Waals surface area (Å²) in [5.41, 5.74) is 1.97. The van der Waals surface area contributed by atoms with Crippen molar-refractivity contribution < 1.29 is 10.2 Å². The van der Waals surface area contributed by atoms with E-state index in [2.05, 4.69) is 0 Å². The summed E-state index contributed by atoms with van der Waals surface area (Å²) in [4.78, 5) is 0. The van der Waals surface area contributed by atoms with E-state index in [0.717, 1.165) is 5.56 Å². The lowest BCUT2D eigenvalue weighted by Gasteiger charge is -2.27. The van der Waals surface area contributed by atoms with Gasteiger partial charge in [0.2, 0.25) is 0 Å². The summed E-state index contributed by atoms with van der Waals surface area (Å²) < 4.78 is 0. The van der Waals surface area contributed by atoms with Gasteiger partial charge in [0.25, 0.3) is 0 Å². The number of aliphatic hydroxyl groups is 2. The lowest BCUT2D eigenvalue weighted by atomic mass is 9.80. The summed E-state index contributed by atoms with van der Waals surface area (Å²) in [7, 11) is 0. The molecule has 0 aromatic heterocycles. The minimum Gasteiger partial charge on any atom is -0.396 e. The Balaban J connectivity index is 2.94. The fourth-order valence-corrected chi connectivity index (χ4v) is 1.52. The van der Waals surface area contributed by atoms with Gasteiger partial charge < -0.3 is 10.2 Å². The van der Waals surface area contributed by atoms with Gasteiger partial charge in [0, 0.05) is 12.0 Å². The third-order valence-corrected chi connectivity index (χ3v) is 2.76. The third-order valence-electron chi connectivity index (χ3n) is 2.76. The molecule has 0 saturated heterocycles. The minimum absolute atomic E-state index is 0.0661. The highest BCUT2D eigenvalue weighted by molar-refractivity contribution is 5.28. The molecule has 0 bridgehead atoms. The fraction of sp³-hybridized carbons (Fsp3) is 0.500. The minimum atomic E-state index is -0.317. The highest BCUT2D eigenvalue weighted by Gasteiger charge is 2.24. The second-order valence-electron chi connectivity index (χ2n) is 4.06. The molecule has 0 aliphatic carbocycles. The highest BCUT2D eigenvalue weighted by atomic mass is 16.3. The third kappa shape index (κ3) is 2.34. The van der Waals surface area contributed by atoms with Crippen LogP contribution in [0.15, 0.2) is 24.3 Å². The van der Waals surface area contributed by atoms with Crippen molar-refractivity contribution in [2.75, 3.05) is 13.2 Å². The molecule has 0 aliphatic rings. The van der Waals surface area contributed by atoms with Crippen LogP contribution in [-0.4, -0.2) is 23.4 Å². The van der Waals surface area contributed by atoms with Crippen LogP contribution in [0.25, 0.3) is 0 Å². The van der Waals surface area contributed by atoms with E-state index in [-0.39, 0.29) is 18.6 Å². The van der Waals surface area contributed by atoms with E-state index in [1.54, 1.807) is 0 Å². The summed E-state index contributed by atoms with van der Waals surface area (Å²) in [6, 6.07) is 8.09. The van der Waals surface area contributed by atoms with Crippen LogP contribution in [-0.2, 0) is 5.41 Å². The molecule has 14 heavy (non-hydrogen) atoms. The first-order valence-corrected chi connectivity index (χ1v) is 4.91. The first-order valence-electron chi connectivity index (χ1n) is 4.91. The topological polar surface area (TPSA) is 40.5 Å². The Bertz CT molecular complexity index is 279. The molecule has 1 atom stereocenters. The standard InChI is InChI=1S/C12H18O2/c1-10-3-5-11(6-4-10)12(2,9-14)7-8-13/h3-6,13-14H,7-9H2,1-2H3/t12-/m1/s1. The number of rotatable bonds is 4. The summed E-state index contributed by atoms with van der Waals surface area (Å²) in [6.45, 7) is 4.17. The Morgan fingerprint density at radius 1 is 1.14 bits per heavy atom. The predicted molar refractivity (Wildman–Crippen MR) is 57.3 cm³/mol. The molecule has 0 heterocycles. The molecule has 0 fully saturated rings. The Hall–Kier alpha value is -0.860. The zero-order valence-corrected chi connectivity index (χ0v) is 8.83. The van der Waals surface area contributed by atoms with Crippen LogP contribution in [0.1, 0.15) is 24.5 Å². The lowest BCUT2D eigenvalue weighted by molar-refractivity contribution is 0.164. The van der Waals surface area contributed by atoms with Crippen LogP contribution in [0.3, 0.4) is 0 Å². The molecule has 2 N–H and O–H groups in total. The maximum absolute atomic E-state index is 9.33. The van der Waals surface area contributed by atoms with Crippen molar-refractivity contribution in [2.24, 2.45) is 0 Å². The van der Waals surface area contributed by atoms with E-state index in [1.165, 1.54) is 5.56 Å². The molecule has 0 saturated carbocycles. The monoisotopic (exact) mass is 194 g/mol. The van der Waals surface area contributed by atoms with Crippen molar-refractivity contribution in [1.29, 1.82) is 0 Å². The van der Waals surface area contributed by atoms with Gasteiger partial charge in [0.15, 0.2) is 0 Å². The molecular weight excluding hydrogens is 176 g/mol. The normalized spacial score (nSPS) is 15.1. The van der Waals surface area contributed by atoms with E-state index in [1.807, 2.05) is 38.1 Å². The second kappa shape index (κ2) is 4.58. The summed E-state index contributed by atoms with van der Waals surface area (Å²) >= 11 is 0. The second-order valence-corrected chi connectivity index (χ2v) is 4.06. The van der Waals surface area contributed by atoms with Gasteiger partial charge in [-0.3, -0.25) is 0 Å². The van der Waals surface area contributed by atoms with Gasteiger partial charge in [0.05, 0.1) is 6.61 Å². The smallest absolute Gasteiger partial charge is 0.0526 e.